The van der Waals surface area contributed by atoms with Gasteiger partial charge in [0.25, 0.3) is 0 Å². The van der Waals surface area contributed by atoms with Gasteiger partial charge in [-0.25, -0.2) is 9.37 Å². The van der Waals surface area contributed by atoms with Gasteiger partial charge in [0.05, 0.1) is 11.7 Å². The number of anilines is 1. The molecule has 4 heteroatoms. The van der Waals surface area contributed by atoms with Crippen LogP contribution in [0, 0.1) is 5.82 Å². The molecule has 0 saturated heterocycles. The lowest BCUT2D eigenvalue weighted by Crippen LogP contribution is -1.91. The molecule has 2 N–H and O–H groups in total. The molecule has 0 atom stereocenters. The second kappa shape index (κ2) is 3.59. The number of nitrogens with zero attached hydrogens (tertiary/aromatic N) is 2. The van der Waals surface area contributed by atoms with E-state index in [2.05, 4.69) is 4.98 Å². The fourth-order valence-electron chi connectivity index (χ4n) is 1.83. The van der Waals surface area contributed by atoms with Gasteiger partial charge in [0, 0.05) is 17.4 Å². The summed E-state index contributed by atoms with van der Waals surface area (Å²) < 4.78 is 14.8. The minimum absolute atomic E-state index is 0.251. The van der Waals surface area contributed by atoms with E-state index in [1.54, 1.807) is 18.3 Å². The molecule has 0 bridgehead atoms. The van der Waals surface area contributed by atoms with Crippen molar-refractivity contribution in [1.29, 1.82) is 0 Å². The third kappa shape index (κ3) is 1.63. The average molecular weight is 227 g/mol. The van der Waals surface area contributed by atoms with E-state index in [0.717, 1.165) is 16.9 Å². The third-order valence-electron chi connectivity index (χ3n) is 2.66. The molecule has 0 aliphatic carbocycles. The normalized spacial score (nSPS) is 10.9. The Bertz CT molecular complexity index is 671. The molecule has 3 aromatic rings. The first-order chi connectivity index (χ1) is 8.24. The molecule has 0 radical (unpaired) electrons. The fourth-order valence-corrected chi connectivity index (χ4v) is 1.83. The van der Waals surface area contributed by atoms with E-state index in [9.17, 15) is 4.39 Å². The summed E-state index contributed by atoms with van der Waals surface area (Å²) in [6.07, 6.45) is 3.60. The topological polar surface area (TPSA) is 43.3 Å². The number of aromatic nitrogens is 2. The predicted octanol–water partition coefficient (Wildman–Crippen LogP) is 2.72. The number of hydrogen-bond acceptors (Lipinski definition) is 2. The number of rotatable bonds is 1. The molecule has 0 aliphatic rings. The molecular formula is C13H10FN3. The monoisotopic (exact) mass is 227 g/mol. The van der Waals surface area contributed by atoms with Crippen LogP contribution < -0.4 is 5.73 Å². The maximum atomic E-state index is 12.9. The number of halogens is 1. The summed E-state index contributed by atoms with van der Waals surface area (Å²) in [5, 5.41) is 0. The van der Waals surface area contributed by atoms with Crippen molar-refractivity contribution >= 4 is 11.2 Å². The zero-order chi connectivity index (χ0) is 11.8. The number of nitrogen functional groups attached to an aromatic ring is 1. The van der Waals surface area contributed by atoms with Crippen molar-refractivity contribution in [1.82, 2.24) is 9.38 Å². The standard InChI is InChI=1S/C13H10FN3/c14-10-3-1-9(2-4-10)13-16-8-12-7-11(15)5-6-17(12)13/h1-8H,15H2. The summed E-state index contributed by atoms with van der Waals surface area (Å²) in [6, 6.07) is 9.92. The Morgan fingerprint density at radius 3 is 2.65 bits per heavy atom. The van der Waals surface area contributed by atoms with Crippen molar-refractivity contribution in [3.8, 4) is 11.4 Å². The average Bonchev–Trinajstić information content (AvgIpc) is 2.73. The van der Waals surface area contributed by atoms with Gasteiger partial charge in [0.1, 0.15) is 11.6 Å². The molecule has 2 aromatic heterocycles. The van der Waals surface area contributed by atoms with Gasteiger partial charge in [-0.15, -0.1) is 0 Å². The second-order valence-corrected chi connectivity index (χ2v) is 3.84. The highest BCUT2D eigenvalue weighted by molar-refractivity contribution is 5.65. The molecule has 2 heterocycles. The van der Waals surface area contributed by atoms with Crippen LogP contribution in [0.15, 0.2) is 48.8 Å². The van der Waals surface area contributed by atoms with Crippen LogP contribution in [-0.2, 0) is 0 Å². The first kappa shape index (κ1) is 9.84. The molecule has 3 rings (SSSR count). The zero-order valence-electron chi connectivity index (χ0n) is 8.97. The van der Waals surface area contributed by atoms with E-state index >= 15 is 0 Å². The van der Waals surface area contributed by atoms with Gasteiger partial charge in [-0.1, -0.05) is 0 Å². The van der Waals surface area contributed by atoms with Gasteiger partial charge in [0.15, 0.2) is 0 Å². The largest absolute Gasteiger partial charge is 0.399 e. The molecule has 0 unspecified atom stereocenters. The van der Waals surface area contributed by atoms with Crippen LogP contribution in [-0.4, -0.2) is 9.38 Å². The lowest BCUT2D eigenvalue weighted by atomic mass is 10.2. The van der Waals surface area contributed by atoms with Gasteiger partial charge >= 0.3 is 0 Å². The minimum Gasteiger partial charge on any atom is -0.399 e. The maximum absolute atomic E-state index is 12.9. The van der Waals surface area contributed by atoms with Crippen molar-refractivity contribution in [3.63, 3.8) is 0 Å². The molecule has 3 nitrogen and oxygen atoms in total. The first-order valence-electron chi connectivity index (χ1n) is 5.22. The molecular weight excluding hydrogens is 217 g/mol. The molecule has 84 valence electrons. The van der Waals surface area contributed by atoms with E-state index in [0.29, 0.717) is 5.69 Å². The highest BCUT2D eigenvalue weighted by Gasteiger charge is 2.06. The Morgan fingerprint density at radius 2 is 1.88 bits per heavy atom. The number of imidazole rings is 1. The smallest absolute Gasteiger partial charge is 0.144 e. The first-order valence-corrected chi connectivity index (χ1v) is 5.22. The Hall–Kier alpha value is -2.36. The highest BCUT2D eigenvalue weighted by atomic mass is 19.1. The van der Waals surface area contributed by atoms with Crippen LogP contribution in [0.3, 0.4) is 0 Å². The Kier molecular flexibility index (Phi) is 2.08. The van der Waals surface area contributed by atoms with Crippen molar-refractivity contribution in [2.75, 3.05) is 5.73 Å². The fraction of sp³-hybridized carbons (Fsp3) is 0. The van der Waals surface area contributed by atoms with Crippen LogP contribution in [0.1, 0.15) is 0 Å². The lowest BCUT2D eigenvalue weighted by Gasteiger charge is -2.02. The maximum Gasteiger partial charge on any atom is 0.144 e. The third-order valence-corrected chi connectivity index (χ3v) is 2.66. The number of fused-ring (bicyclic) bond motifs is 1. The Labute approximate surface area is 97.3 Å². The van der Waals surface area contributed by atoms with E-state index in [1.807, 2.05) is 22.7 Å². The molecule has 17 heavy (non-hydrogen) atoms. The van der Waals surface area contributed by atoms with Crippen molar-refractivity contribution < 1.29 is 4.39 Å². The zero-order valence-corrected chi connectivity index (χ0v) is 8.97. The van der Waals surface area contributed by atoms with Crippen molar-refractivity contribution in [2.24, 2.45) is 0 Å². The van der Waals surface area contributed by atoms with Crippen LogP contribution >= 0.6 is 0 Å². The van der Waals surface area contributed by atoms with Crippen LogP contribution in [0.25, 0.3) is 16.9 Å². The SMILES string of the molecule is Nc1ccn2c(-c3ccc(F)cc3)ncc2c1. The highest BCUT2D eigenvalue weighted by Crippen LogP contribution is 2.21. The van der Waals surface area contributed by atoms with Crippen molar-refractivity contribution in [2.45, 2.75) is 0 Å². The van der Waals surface area contributed by atoms with E-state index < -0.39 is 0 Å². The van der Waals surface area contributed by atoms with Gasteiger partial charge in [-0.2, -0.15) is 0 Å². The molecule has 0 aliphatic heterocycles. The molecule has 0 fully saturated rings. The lowest BCUT2D eigenvalue weighted by molar-refractivity contribution is 0.628. The number of hydrogen-bond donors (Lipinski definition) is 1. The summed E-state index contributed by atoms with van der Waals surface area (Å²) >= 11 is 0. The van der Waals surface area contributed by atoms with Gasteiger partial charge < -0.3 is 5.73 Å². The van der Waals surface area contributed by atoms with Crippen LogP contribution in [0.2, 0.25) is 0 Å². The van der Waals surface area contributed by atoms with E-state index in [4.69, 9.17) is 5.73 Å². The van der Waals surface area contributed by atoms with E-state index in [1.165, 1.54) is 12.1 Å². The van der Waals surface area contributed by atoms with Gasteiger partial charge in [0.2, 0.25) is 0 Å². The Morgan fingerprint density at radius 1 is 1.12 bits per heavy atom. The van der Waals surface area contributed by atoms with Crippen LogP contribution in [0.4, 0.5) is 10.1 Å². The summed E-state index contributed by atoms with van der Waals surface area (Å²) in [6.45, 7) is 0. The van der Waals surface area contributed by atoms with Gasteiger partial charge in [-0.05, 0) is 36.4 Å². The number of nitrogens with two attached hydrogens (primary N) is 1. The predicted molar refractivity (Wildman–Crippen MR) is 65.0 cm³/mol. The number of pyridine rings is 1. The van der Waals surface area contributed by atoms with Gasteiger partial charge in [-0.3, -0.25) is 4.40 Å². The molecule has 0 spiro atoms. The molecule has 1 aromatic carbocycles. The van der Waals surface area contributed by atoms with Crippen molar-refractivity contribution in [3.05, 3.63) is 54.6 Å². The second-order valence-electron chi connectivity index (χ2n) is 3.84. The summed E-state index contributed by atoms with van der Waals surface area (Å²) in [5.41, 5.74) is 8.19. The summed E-state index contributed by atoms with van der Waals surface area (Å²) in [4.78, 5) is 4.32. The molecule has 0 amide bonds. The minimum atomic E-state index is -0.251. The summed E-state index contributed by atoms with van der Waals surface area (Å²) in [5.74, 6) is 0.527. The van der Waals surface area contributed by atoms with E-state index in [-0.39, 0.29) is 5.82 Å². The molecule has 0 saturated carbocycles. The van der Waals surface area contributed by atoms with Crippen LogP contribution in [0.5, 0.6) is 0 Å². The Balaban J connectivity index is 2.21. The summed E-state index contributed by atoms with van der Waals surface area (Å²) in [7, 11) is 0. The number of benzene rings is 1. The quantitative estimate of drug-likeness (QED) is 0.694.